The summed E-state index contributed by atoms with van der Waals surface area (Å²) in [7, 11) is -1.31. The molecule has 1 aliphatic heterocycles. The average molecular weight is 348 g/mol. The number of carbonyl (C=O) groups excluding carboxylic acids is 1. The van der Waals surface area contributed by atoms with E-state index in [0.29, 0.717) is 11.4 Å². The van der Waals surface area contributed by atoms with Gasteiger partial charge in [0.25, 0.3) is 0 Å². The molecule has 1 saturated heterocycles. The van der Waals surface area contributed by atoms with Crippen molar-refractivity contribution >= 4 is 39.1 Å². The molecule has 21 heavy (non-hydrogen) atoms. The summed E-state index contributed by atoms with van der Waals surface area (Å²) in [5.74, 6) is 0.169. The number of hydrogen-bond acceptors (Lipinski definition) is 4. The van der Waals surface area contributed by atoms with E-state index < -0.39 is 9.84 Å². The van der Waals surface area contributed by atoms with Crippen LogP contribution in [0.15, 0.2) is 29.2 Å². The van der Waals surface area contributed by atoms with Gasteiger partial charge in [0.15, 0.2) is 9.84 Å². The molecule has 0 radical (unpaired) electrons. The van der Waals surface area contributed by atoms with Crippen LogP contribution in [0.1, 0.15) is 13.3 Å². The number of rotatable bonds is 4. The number of hydrogen-bond donors (Lipinski definition) is 0. The van der Waals surface area contributed by atoms with Crippen LogP contribution in [-0.2, 0) is 14.6 Å². The second-order valence-electron chi connectivity index (χ2n) is 5.20. The highest BCUT2D eigenvalue weighted by molar-refractivity contribution is 8.00. The van der Waals surface area contributed by atoms with E-state index in [1.807, 2.05) is 25.1 Å². The predicted molar refractivity (Wildman–Crippen MR) is 86.6 cm³/mol. The van der Waals surface area contributed by atoms with Crippen LogP contribution in [0.25, 0.3) is 0 Å². The highest BCUT2D eigenvalue weighted by atomic mass is 35.5. The van der Waals surface area contributed by atoms with Gasteiger partial charge in [-0.2, -0.15) is 0 Å². The number of nitrogens with zero attached hydrogens (tertiary/aromatic N) is 1. The van der Waals surface area contributed by atoms with Crippen molar-refractivity contribution in [2.45, 2.75) is 29.5 Å². The second-order valence-corrected chi connectivity index (χ2v) is 9.22. The molecular weight excluding hydrogens is 330 g/mol. The van der Waals surface area contributed by atoms with Crippen LogP contribution in [0.5, 0.6) is 0 Å². The van der Waals surface area contributed by atoms with Gasteiger partial charge in [-0.1, -0.05) is 23.7 Å². The van der Waals surface area contributed by atoms with Crippen molar-refractivity contribution in [1.29, 1.82) is 0 Å². The topological polar surface area (TPSA) is 54.5 Å². The molecule has 0 bridgehead atoms. The minimum atomic E-state index is -2.99. The molecule has 2 rings (SSSR count). The van der Waals surface area contributed by atoms with Gasteiger partial charge in [0.2, 0.25) is 5.91 Å². The zero-order chi connectivity index (χ0) is 15.6. The van der Waals surface area contributed by atoms with Crippen LogP contribution in [0.2, 0.25) is 5.02 Å². The van der Waals surface area contributed by atoms with Crippen molar-refractivity contribution in [2.24, 2.45) is 0 Å². The van der Waals surface area contributed by atoms with Crippen molar-refractivity contribution < 1.29 is 13.2 Å². The van der Waals surface area contributed by atoms with E-state index in [4.69, 9.17) is 11.6 Å². The van der Waals surface area contributed by atoms with E-state index in [1.165, 1.54) is 11.8 Å². The third kappa shape index (κ3) is 4.14. The Hall–Kier alpha value is -0.720. The molecule has 0 saturated carbocycles. The second kappa shape index (κ2) is 6.58. The van der Waals surface area contributed by atoms with Crippen LogP contribution in [0.3, 0.4) is 0 Å². The molecule has 1 heterocycles. The molecule has 0 aromatic heterocycles. The fourth-order valence-electron chi connectivity index (χ4n) is 2.33. The molecule has 0 unspecified atom stereocenters. The smallest absolute Gasteiger partial charge is 0.235 e. The van der Waals surface area contributed by atoms with Gasteiger partial charge in [-0.15, -0.1) is 11.8 Å². The summed E-state index contributed by atoms with van der Waals surface area (Å²) in [4.78, 5) is 14.8. The van der Waals surface area contributed by atoms with Crippen LogP contribution in [-0.4, -0.2) is 49.1 Å². The first-order chi connectivity index (χ1) is 9.80. The maximum absolute atomic E-state index is 12.4. The monoisotopic (exact) mass is 347 g/mol. The number of benzene rings is 1. The molecule has 1 aromatic carbocycles. The summed E-state index contributed by atoms with van der Waals surface area (Å²) >= 11 is 7.48. The molecule has 1 fully saturated rings. The molecule has 1 aromatic rings. The predicted octanol–water partition coefficient (Wildman–Crippen LogP) is 2.47. The minimum absolute atomic E-state index is 0.0676. The number of thioether (sulfide) groups is 1. The first-order valence-electron chi connectivity index (χ1n) is 6.68. The van der Waals surface area contributed by atoms with Crippen LogP contribution >= 0.6 is 23.4 Å². The van der Waals surface area contributed by atoms with Gasteiger partial charge in [-0.3, -0.25) is 4.79 Å². The van der Waals surface area contributed by atoms with Gasteiger partial charge in [0.1, 0.15) is 0 Å². The van der Waals surface area contributed by atoms with Gasteiger partial charge in [0, 0.05) is 18.0 Å². The Morgan fingerprint density at radius 2 is 2.10 bits per heavy atom. The van der Waals surface area contributed by atoms with E-state index >= 15 is 0 Å². The van der Waals surface area contributed by atoms with E-state index in [2.05, 4.69) is 0 Å². The Labute approximate surface area is 134 Å². The minimum Gasteiger partial charge on any atom is -0.341 e. The Bertz CT molecular complexity index is 633. The van der Waals surface area contributed by atoms with Crippen LogP contribution < -0.4 is 0 Å². The molecule has 1 amide bonds. The Balaban J connectivity index is 2.01. The molecule has 0 aliphatic carbocycles. The number of halogens is 1. The third-order valence-electron chi connectivity index (χ3n) is 3.59. The Kier molecular flexibility index (Phi) is 5.22. The molecule has 0 spiro atoms. The fourth-order valence-corrected chi connectivity index (χ4v) is 5.36. The SMILES string of the molecule is C[C@H](Sc1ccccc1Cl)C(=O)N(C)[C@H]1CCS(=O)(=O)C1. The van der Waals surface area contributed by atoms with Gasteiger partial charge < -0.3 is 4.90 Å². The molecule has 7 heteroatoms. The molecule has 116 valence electrons. The molecule has 4 nitrogen and oxygen atoms in total. The molecule has 0 N–H and O–H groups in total. The van der Waals surface area contributed by atoms with E-state index in [-0.39, 0.29) is 28.7 Å². The summed E-state index contributed by atoms with van der Waals surface area (Å²) < 4.78 is 23.0. The number of sulfone groups is 1. The van der Waals surface area contributed by atoms with Crippen molar-refractivity contribution in [3.05, 3.63) is 29.3 Å². The quantitative estimate of drug-likeness (QED) is 0.785. The number of carbonyl (C=O) groups is 1. The van der Waals surface area contributed by atoms with Gasteiger partial charge in [-0.05, 0) is 25.5 Å². The maximum Gasteiger partial charge on any atom is 0.235 e. The number of amides is 1. The normalized spacial score (nSPS) is 22.0. The Morgan fingerprint density at radius 3 is 2.67 bits per heavy atom. The lowest BCUT2D eigenvalue weighted by atomic mass is 10.2. The lowest BCUT2D eigenvalue weighted by Crippen LogP contribution is -2.41. The van der Waals surface area contributed by atoms with Crippen molar-refractivity contribution in [2.75, 3.05) is 18.6 Å². The standard InChI is InChI=1S/C14H18ClNO3S2/c1-10(20-13-6-4-3-5-12(13)15)14(17)16(2)11-7-8-21(18,19)9-11/h3-6,10-11H,7-9H2,1-2H3/t10-,11-/m0/s1. The van der Waals surface area contributed by atoms with E-state index in [0.717, 1.165) is 4.90 Å². The zero-order valence-corrected chi connectivity index (χ0v) is 14.3. The van der Waals surface area contributed by atoms with Crippen molar-refractivity contribution in [3.8, 4) is 0 Å². The maximum atomic E-state index is 12.4. The van der Waals surface area contributed by atoms with Gasteiger partial charge >= 0.3 is 0 Å². The lowest BCUT2D eigenvalue weighted by molar-refractivity contribution is -0.130. The van der Waals surface area contributed by atoms with Gasteiger partial charge in [-0.25, -0.2) is 8.42 Å². The van der Waals surface area contributed by atoms with Crippen molar-refractivity contribution in [1.82, 2.24) is 4.90 Å². The van der Waals surface area contributed by atoms with Crippen molar-refractivity contribution in [3.63, 3.8) is 0 Å². The highest BCUT2D eigenvalue weighted by Gasteiger charge is 2.34. The summed E-state index contributed by atoms with van der Waals surface area (Å²) in [6.45, 7) is 1.82. The van der Waals surface area contributed by atoms with Crippen LogP contribution in [0.4, 0.5) is 0 Å². The Morgan fingerprint density at radius 1 is 1.43 bits per heavy atom. The van der Waals surface area contributed by atoms with E-state index in [9.17, 15) is 13.2 Å². The first-order valence-corrected chi connectivity index (χ1v) is 9.76. The van der Waals surface area contributed by atoms with E-state index in [1.54, 1.807) is 18.0 Å². The van der Waals surface area contributed by atoms with Gasteiger partial charge in [0.05, 0.1) is 21.8 Å². The largest absolute Gasteiger partial charge is 0.341 e. The fraction of sp³-hybridized carbons (Fsp3) is 0.500. The summed E-state index contributed by atoms with van der Waals surface area (Å²) in [6, 6.07) is 7.16. The third-order valence-corrected chi connectivity index (χ3v) is 6.95. The molecule has 2 atom stereocenters. The zero-order valence-electron chi connectivity index (χ0n) is 12.0. The molecule has 1 aliphatic rings. The summed E-state index contributed by atoms with van der Waals surface area (Å²) in [5, 5.41) is 0.312. The highest BCUT2D eigenvalue weighted by Crippen LogP contribution is 2.31. The summed E-state index contributed by atoms with van der Waals surface area (Å²) in [5.41, 5.74) is 0. The first kappa shape index (κ1) is 16.6. The lowest BCUT2D eigenvalue weighted by Gasteiger charge is -2.26. The van der Waals surface area contributed by atoms with Crippen LogP contribution in [0, 0.1) is 0 Å². The summed E-state index contributed by atoms with van der Waals surface area (Å²) in [6.07, 6.45) is 0.522. The molecular formula is C14H18ClNO3S2. The average Bonchev–Trinajstić information content (AvgIpc) is 2.80.